The molecule has 0 bridgehead atoms. The first-order valence-electron chi connectivity index (χ1n) is 15.0. The molecule has 2 aromatic heterocycles. The fraction of sp³-hybridized carbons (Fsp3) is 0.324. The summed E-state index contributed by atoms with van der Waals surface area (Å²) >= 11 is 0. The van der Waals surface area contributed by atoms with Gasteiger partial charge in [0.2, 0.25) is 11.8 Å². The molecule has 45 heavy (non-hydrogen) atoms. The van der Waals surface area contributed by atoms with E-state index in [1.807, 2.05) is 80.6 Å². The number of ether oxygens (including phenoxy) is 1. The normalized spacial score (nSPS) is 12.2. The van der Waals surface area contributed by atoms with E-state index in [9.17, 15) is 14.4 Å². The van der Waals surface area contributed by atoms with Gasteiger partial charge < -0.3 is 30.6 Å². The lowest BCUT2D eigenvalue weighted by atomic mass is 10.0. The van der Waals surface area contributed by atoms with Crippen LogP contribution in [-0.4, -0.2) is 63.4 Å². The highest BCUT2D eigenvalue weighted by Crippen LogP contribution is 2.17. The number of benzene rings is 2. The predicted octanol–water partition coefficient (Wildman–Crippen LogP) is 3.64. The molecule has 4 N–H and O–H groups in total. The van der Waals surface area contributed by atoms with Crippen molar-refractivity contribution in [1.82, 2.24) is 35.8 Å². The fourth-order valence-electron chi connectivity index (χ4n) is 4.62. The van der Waals surface area contributed by atoms with Gasteiger partial charge in [-0.25, -0.2) is 9.78 Å². The molecule has 2 aromatic carbocycles. The van der Waals surface area contributed by atoms with Gasteiger partial charge in [0.1, 0.15) is 24.4 Å². The van der Waals surface area contributed by atoms with E-state index in [0.29, 0.717) is 31.1 Å². The van der Waals surface area contributed by atoms with Crippen LogP contribution in [0.15, 0.2) is 91.6 Å². The zero-order chi connectivity index (χ0) is 32.0. The van der Waals surface area contributed by atoms with Crippen molar-refractivity contribution in [3.05, 3.63) is 114 Å². The van der Waals surface area contributed by atoms with E-state index in [-0.39, 0.29) is 24.7 Å². The van der Waals surface area contributed by atoms with Crippen molar-refractivity contribution < 1.29 is 19.1 Å². The van der Waals surface area contributed by atoms with Crippen LogP contribution in [0.1, 0.15) is 36.2 Å². The lowest BCUT2D eigenvalue weighted by Gasteiger charge is -2.31. The first-order chi connectivity index (χ1) is 21.8. The molecule has 0 aliphatic rings. The summed E-state index contributed by atoms with van der Waals surface area (Å²) in [4.78, 5) is 52.9. The van der Waals surface area contributed by atoms with Crippen LogP contribution in [0, 0.1) is 5.92 Å². The number of aromatic amines is 1. The number of carbonyl (C=O) groups excluding carboxylic acids is 3. The number of hydrogen-bond donors (Lipinski definition) is 4. The number of hydrogen-bond acceptors (Lipinski definition) is 6. The minimum Gasteiger partial charge on any atom is -0.489 e. The largest absolute Gasteiger partial charge is 0.489 e. The van der Waals surface area contributed by atoms with E-state index in [1.54, 1.807) is 25.6 Å². The molecule has 0 aliphatic heterocycles. The van der Waals surface area contributed by atoms with Crippen LogP contribution >= 0.6 is 0 Å². The summed E-state index contributed by atoms with van der Waals surface area (Å²) < 4.78 is 5.89. The van der Waals surface area contributed by atoms with Gasteiger partial charge in [-0.2, -0.15) is 0 Å². The molecular weight excluding hydrogens is 570 g/mol. The molecule has 4 amide bonds. The van der Waals surface area contributed by atoms with Crippen molar-refractivity contribution in [3.8, 4) is 5.75 Å². The lowest BCUT2D eigenvalue weighted by molar-refractivity contribution is -0.140. The van der Waals surface area contributed by atoms with Crippen LogP contribution in [0.25, 0.3) is 0 Å². The Morgan fingerprint density at radius 3 is 2.27 bits per heavy atom. The molecule has 2 heterocycles. The molecular formula is C34H41N7O4. The SMILES string of the molecule is CC(C)CNC(=O)[C@@H](Cc1ccc(OCc2ccncc2)cc1)N(C)C(=O)[C@H](Cc1cnc[nH]1)NC(=O)NCc1ccccc1. The van der Waals surface area contributed by atoms with E-state index >= 15 is 0 Å². The molecule has 11 heteroatoms. The Hall–Kier alpha value is -5.19. The molecule has 0 saturated carbocycles. The molecule has 4 aromatic rings. The van der Waals surface area contributed by atoms with E-state index < -0.39 is 24.0 Å². The first kappa shape index (κ1) is 32.7. The average molecular weight is 612 g/mol. The molecule has 236 valence electrons. The van der Waals surface area contributed by atoms with E-state index in [1.165, 1.54) is 11.2 Å². The Labute approximate surface area is 263 Å². The first-order valence-corrected chi connectivity index (χ1v) is 15.0. The van der Waals surface area contributed by atoms with Crippen molar-refractivity contribution in [2.75, 3.05) is 13.6 Å². The number of pyridine rings is 1. The summed E-state index contributed by atoms with van der Waals surface area (Å²) in [7, 11) is 1.59. The minimum absolute atomic E-state index is 0.172. The summed E-state index contributed by atoms with van der Waals surface area (Å²) in [5.41, 5.74) is 3.46. The summed E-state index contributed by atoms with van der Waals surface area (Å²) in [5, 5.41) is 8.59. The van der Waals surface area contributed by atoms with Crippen LogP contribution in [0.2, 0.25) is 0 Å². The number of H-pyrrole nitrogens is 1. The number of aromatic nitrogens is 3. The van der Waals surface area contributed by atoms with Crippen LogP contribution in [0.5, 0.6) is 5.75 Å². The van der Waals surface area contributed by atoms with Crippen molar-refractivity contribution in [3.63, 3.8) is 0 Å². The molecule has 2 atom stereocenters. The average Bonchev–Trinajstić information content (AvgIpc) is 3.58. The number of urea groups is 1. The Bertz CT molecular complexity index is 1480. The quantitative estimate of drug-likeness (QED) is 0.162. The molecule has 0 radical (unpaired) electrons. The number of nitrogens with zero attached hydrogens (tertiary/aromatic N) is 3. The molecule has 0 saturated heterocycles. The van der Waals surface area contributed by atoms with Gasteiger partial charge in [0, 0.05) is 57.3 Å². The minimum atomic E-state index is -0.949. The summed E-state index contributed by atoms with van der Waals surface area (Å²) in [5.74, 6) is 0.245. The van der Waals surface area contributed by atoms with Gasteiger partial charge in [0.15, 0.2) is 0 Å². The summed E-state index contributed by atoms with van der Waals surface area (Å²) in [6.45, 7) is 5.19. The Balaban J connectivity index is 1.47. The molecule has 0 spiro atoms. The predicted molar refractivity (Wildman–Crippen MR) is 171 cm³/mol. The highest BCUT2D eigenvalue weighted by Gasteiger charge is 2.33. The second-order valence-electron chi connectivity index (χ2n) is 11.2. The monoisotopic (exact) mass is 611 g/mol. The molecule has 0 aliphatic carbocycles. The van der Waals surface area contributed by atoms with Crippen LogP contribution < -0.4 is 20.7 Å². The number of nitrogens with one attached hydrogen (secondary N) is 4. The van der Waals surface area contributed by atoms with Crippen LogP contribution in [-0.2, 0) is 35.6 Å². The van der Waals surface area contributed by atoms with Crippen molar-refractivity contribution in [2.45, 2.75) is 51.9 Å². The fourth-order valence-corrected chi connectivity index (χ4v) is 4.62. The van der Waals surface area contributed by atoms with Crippen LogP contribution in [0.4, 0.5) is 4.79 Å². The number of amides is 4. The molecule has 0 fully saturated rings. The number of rotatable bonds is 15. The number of imidazole rings is 1. The third-order valence-electron chi connectivity index (χ3n) is 7.19. The van der Waals surface area contributed by atoms with Gasteiger partial charge in [0.05, 0.1) is 6.33 Å². The maximum Gasteiger partial charge on any atom is 0.315 e. The van der Waals surface area contributed by atoms with E-state index in [0.717, 1.165) is 16.7 Å². The number of likely N-dealkylation sites (N-methyl/N-ethyl adjacent to an activating group) is 1. The van der Waals surface area contributed by atoms with Gasteiger partial charge in [-0.15, -0.1) is 0 Å². The Kier molecular flexibility index (Phi) is 12.1. The highest BCUT2D eigenvalue weighted by molar-refractivity contribution is 5.92. The maximum atomic E-state index is 14.0. The van der Waals surface area contributed by atoms with Gasteiger partial charge in [0.25, 0.3) is 0 Å². The Morgan fingerprint density at radius 2 is 1.60 bits per heavy atom. The lowest BCUT2D eigenvalue weighted by Crippen LogP contribution is -2.57. The maximum absolute atomic E-state index is 14.0. The summed E-state index contributed by atoms with van der Waals surface area (Å²) in [6.07, 6.45) is 7.00. The third kappa shape index (κ3) is 10.5. The highest BCUT2D eigenvalue weighted by atomic mass is 16.5. The van der Waals surface area contributed by atoms with Gasteiger partial charge >= 0.3 is 6.03 Å². The second-order valence-corrected chi connectivity index (χ2v) is 11.2. The van der Waals surface area contributed by atoms with Crippen LogP contribution in [0.3, 0.4) is 0 Å². The Morgan fingerprint density at radius 1 is 0.867 bits per heavy atom. The van der Waals surface area contributed by atoms with Crippen molar-refractivity contribution in [2.24, 2.45) is 5.92 Å². The van der Waals surface area contributed by atoms with Crippen molar-refractivity contribution >= 4 is 17.8 Å². The zero-order valence-electron chi connectivity index (χ0n) is 25.9. The summed E-state index contributed by atoms with van der Waals surface area (Å²) in [6, 6.07) is 18.5. The standard InChI is InChI=1S/C34H41N7O4/c1-24(2)19-37-32(42)31(17-25-9-11-29(12-10-25)45-22-27-13-15-35-16-14-27)41(3)33(43)30(18-28-21-36-23-39-28)40-34(44)38-20-26-7-5-4-6-8-26/h4-16,21,23-24,30-31H,17-20,22H2,1-3H3,(H,36,39)(H,37,42)(H2,38,40,44)/t30-,31+/m0/s1. The van der Waals surface area contributed by atoms with Gasteiger partial charge in [-0.3, -0.25) is 14.6 Å². The number of carbonyl (C=O) groups is 3. The van der Waals surface area contributed by atoms with Gasteiger partial charge in [-0.05, 0) is 46.9 Å². The molecule has 11 nitrogen and oxygen atoms in total. The second kappa shape index (κ2) is 16.6. The third-order valence-corrected chi connectivity index (χ3v) is 7.19. The van der Waals surface area contributed by atoms with Crippen molar-refractivity contribution in [1.29, 1.82) is 0 Å². The zero-order valence-corrected chi connectivity index (χ0v) is 25.9. The molecule has 4 rings (SSSR count). The topological polar surface area (TPSA) is 141 Å². The molecule has 0 unspecified atom stereocenters. The van der Waals surface area contributed by atoms with Gasteiger partial charge in [-0.1, -0.05) is 56.3 Å². The van der Waals surface area contributed by atoms with E-state index in [4.69, 9.17) is 4.74 Å². The van der Waals surface area contributed by atoms with E-state index in [2.05, 4.69) is 30.9 Å². The smallest absolute Gasteiger partial charge is 0.315 e.